The molecule has 1 aliphatic heterocycles. The number of aromatic nitrogens is 2. The van der Waals surface area contributed by atoms with Crippen LogP contribution in [0.15, 0.2) is 42.5 Å². The molecule has 0 radical (unpaired) electrons. The van der Waals surface area contributed by atoms with Gasteiger partial charge in [0.2, 0.25) is 0 Å². The third-order valence-electron chi connectivity index (χ3n) is 4.97. The smallest absolute Gasteiger partial charge is 0.273 e. The average Bonchev–Trinajstić information content (AvgIpc) is 3.27. The van der Waals surface area contributed by atoms with Gasteiger partial charge >= 0.3 is 0 Å². The first-order valence-electron chi connectivity index (χ1n) is 8.56. The number of nitrogens with zero attached hydrogens (tertiary/aromatic N) is 3. The normalized spacial score (nSPS) is 17.0. The molecule has 0 unspecified atom stereocenters. The molecule has 1 fully saturated rings. The van der Waals surface area contributed by atoms with Crippen LogP contribution in [0.2, 0.25) is 0 Å². The van der Waals surface area contributed by atoms with E-state index >= 15 is 0 Å². The number of carbonyl (C=O) groups is 1. The van der Waals surface area contributed by atoms with Gasteiger partial charge in [0.1, 0.15) is 5.82 Å². The van der Waals surface area contributed by atoms with E-state index in [1.54, 1.807) is 24.0 Å². The first-order valence-corrected chi connectivity index (χ1v) is 8.56. The molecule has 7 heteroatoms. The van der Waals surface area contributed by atoms with Crippen molar-refractivity contribution in [2.45, 2.75) is 25.8 Å². The molecule has 1 atom stereocenters. The summed E-state index contributed by atoms with van der Waals surface area (Å²) in [6.45, 7) is 2.24. The number of H-pyrrole nitrogens is 1. The molecule has 1 N–H and O–H groups in total. The van der Waals surface area contributed by atoms with Gasteiger partial charge in [-0.15, -0.1) is 0 Å². The molecule has 132 valence electrons. The van der Waals surface area contributed by atoms with E-state index in [2.05, 4.69) is 9.97 Å². The quantitative estimate of drug-likeness (QED) is 0.575. The molecule has 0 bridgehead atoms. The molecule has 2 aromatic carbocycles. The number of fused-ring (bicyclic) bond motifs is 1. The lowest BCUT2D eigenvalue weighted by molar-refractivity contribution is -0.385. The van der Waals surface area contributed by atoms with Crippen LogP contribution in [-0.2, 0) is 0 Å². The Kier molecular flexibility index (Phi) is 3.91. The Morgan fingerprint density at radius 1 is 1.27 bits per heavy atom. The molecule has 0 aliphatic carbocycles. The topological polar surface area (TPSA) is 92.1 Å². The number of nitro benzene ring substituents is 1. The van der Waals surface area contributed by atoms with E-state index in [1.807, 2.05) is 24.3 Å². The Labute approximate surface area is 149 Å². The highest BCUT2D eigenvalue weighted by atomic mass is 16.6. The number of para-hydroxylation sites is 2. The van der Waals surface area contributed by atoms with Crippen LogP contribution in [0.4, 0.5) is 5.69 Å². The number of hydrogen-bond acceptors (Lipinski definition) is 4. The fourth-order valence-electron chi connectivity index (χ4n) is 3.63. The second-order valence-electron chi connectivity index (χ2n) is 6.50. The fraction of sp³-hybridized carbons (Fsp3) is 0.263. The summed E-state index contributed by atoms with van der Waals surface area (Å²) in [6, 6.07) is 12.2. The van der Waals surface area contributed by atoms with Crippen LogP contribution in [0.3, 0.4) is 0 Å². The Bertz CT molecular complexity index is 978. The van der Waals surface area contributed by atoms with E-state index in [-0.39, 0.29) is 17.6 Å². The van der Waals surface area contributed by atoms with Gasteiger partial charge in [-0.25, -0.2) is 4.98 Å². The summed E-state index contributed by atoms with van der Waals surface area (Å²) >= 11 is 0. The van der Waals surface area contributed by atoms with Crippen LogP contribution in [0.1, 0.15) is 40.6 Å². The number of carbonyl (C=O) groups excluding carboxylic acids is 1. The van der Waals surface area contributed by atoms with E-state index in [9.17, 15) is 14.9 Å². The minimum absolute atomic E-state index is 0.0321. The van der Waals surface area contributed by atoms with Crippen molar-refractivity contribution in [2.24, 2.45) is 0 Å². The van der Waals surface area contributed by atoms with Crippen molar-refractivity contribution in [3.63, 3.8) is 0 Å². The molecule has 1 aromatic heterocycles. The largest absolute Gasteiger partial charge is 0.340 e. The zero-order valence-electron chi connectivity index (χ0n) is 14.3. The number of likely N-dealkylation sites (tertiary alicyclic amines) is 1. The minimum atomic E-state index is -0.452. The Hall–Kier alpha value is -3.22. The number of nitro groups is 1. The highest BCUT2D eigenvalue weighted by molar-refractivity contribution is 5.97. The number of hydrogen-bond donors (Lipinski definition) is 1. The average molecular weight is 350 g/mol. The fourth-order valence-corrected chi connectivity index (χ4v) is 3.63. The second kappa shape index (κ2) is 6.25. The van der Waals surface area contributed by atoms with Gasteiger partial charge < -0.3 is 9.88 Å². The number of rotatable bonds is 3. The van der Waals surface area contributed by atoms with Crippen LogP contribution in [0, 0.1) is 17.0 Å². The summed E-state index contributed by atoms with van der Waals surface area (Å²) in [5, 5.41) is 11.2. The van der Waals surface area contributed by atoms with E-state index in [0.717, 1.165) is 29.7 Å². The van der Waals surface area contributed by atoms with Crippen LogP contribution < -0.4 is 0 Å². The van der Waals surface area contributed by atoms with E-state index in [0.29, 0.717) is 17.7 Å². The Balaban J connectivity index is 1.69. The van der Waals surface area contributed by atoms with Gasteiger partial charge in [-0.2, -0.15) is 0 Å². The standard InChI is InChI=1S/C19H18N4O3/c1-12-13(6-4-9-16(12)23(25)26)19(24)22-11-5-10-17(22)18-20-14-7-2-3-8-15(14)21-18/h2-4,6-9,17H,5,10-11H2,1H3,(H,20,21)/t17-/m1/s1. The second-order valence-corrected chi connectivity index (χ2v) is 6.50. The molecule has 7 nitrogen and oxygen atoms in total. The van der Waals surface area contributed by atoms with Gasteiger partial charge in [0.15, 0.2) is 0 Å². The van der Waals surface area contributed by atoms with Crippen molar-refractivity contribution in [3.05, 3.63) is 69.5 Å². The third-order valence-corrected chi connectivity index (χ3v) is 4.97. The van der Waals surface area contributed by atoms with Crippen molar-refractivity contribution in [2.75, 3.05) is 6.54 Å². The lowest BCUT2D eigenvalue weighted by Gasteiger charge is -2.24. The molecule has 2 heterocycles. The minimum Gasteiger partial charge on any atom is -0.340 e. The molecule has 3 aromatic rings. The molecule has 4 rings (SSSR count). The van der Waals surface area contributed by atoms with Gasteiger partial charge in [0.25, 0.3) is 11.6 Å². The van der Waals surface area contributed by atoms with Crippen LogP contribution in [-0.4, -0.2) is 32.2 Å². The predicted molar refractivity (Wildman–Crippen MR) is 96.9 cm³/mol. The molecule has 1 amide bonds. The van der Waals surface area contributed by atoms with Gasteiger partial charge in [-0.3, -0.25) is 14.9 Å². The first kappa shape index (κ1) is 16.3. The molecule has 1 aliphatic rings. The van der Waals surface area contributed by atoms with Crippen molar-refractivity contribution in [1.82, 2.24) is 14.9 Å². The van der Waals surface area contributed by atoms with Gasteiger partial charge in [0.05, 0.1) is 22.0 Å². The summed E-state index contributed by atoms with van der Waals surface area (Å²) in [4.78, 5) is 33.5. The predicted octanol–water partition coefficient (Wildman–Crippen LogP) is 3.76. The van der Waals surface area contributed by atoms with Crippen molar-refractivity contribution in [3.8, 4) is 0 Å². The van der Waals surface area contributed by atoms with Gasteiger partial charge in [-0.1, -0.05) is 18.2 Å². The molecule has 0 saturated carbocycles. The Morgan fingerprint density at radius 3 is 2.85 bits per heavy atom. The molecule has 1 saturated heterocycles. The van der Waals surface area contributed by atoms with Crippen LogP contribution in [0.25, 0.3) is 11.0 Å². The molecular weight excluding hydrogens is 332 g/mol. The monoisotopic (exact) mass is 350 g/mol. The summed E-state index contributed by atoms with van der Waals surface area (Å²) in [5.74, 6) is 0.578. The van der Waals surface area contributed by atoms with Crippen LogP contribution in [0.5, 0.6) is 0 Å². The summed E-state index contributed by atoms with van der Waals surface area (Å²) in [5.41, 5.74) is 2.55. The Morgan fingerprint density at radius 2 is 2.08 bits per heavy atom. The summed E-state index contributed by atoms with van der Waals surface area (Å²) in [6.07, 6.45) is 1.70. The van der Waals surface area contributed by atoms with Crippen molar-refractivity contribution < 1.29 is 9.72 Å². The van der Waals surface area contributed by atoms with Gasteiger partial charge in [0, 0.05) is 23.7 Å². The van der Waals surface area contributed by atoms with Crippen molar-refractivity contribution in [1.29, 1.82) is 0 Å². The summed E-state index contributed by atoms with van der Waals surface area (Å²) < 4.78 is 0. The van der Waals surface area contributed by atoms with E-state index in [1.165, 1.54) is 6.07 Å². The van der Waals surface area contributed by atoms with E-state index < -0.39 is 4.92 Å². The zero-order valence-corrected chi connectivity index (χ0v) is 14.3. The lowest BCUT2D eigenvalue weighted by Crippen LogP contribution is -2.31. The van der Waals surface area contributed by atoms with Crippen LogP contribution >= 0.6 is 0 Å². The molecular formula is C19H18N4O3. The first-order chi connectivity index (χ1) is 12.6. The maximum Gasteiger partial charge on any atom is 0.273 e. The van der Waals surface area contributed by atoms with E-state index in [4.69, 9.17) is 0 Å². The van der Waals surface area contributed by atoms with Crippen molar-refractivity contribution >= 4 is 22.6 Å². The summed E-state index contributed by atoms with van der Waals surface area (Å²) in [7, 11) is 0. The molecule has 26 heavy (non-hydrogen) atoms. The number of benzene rings is 2. The number of imidazole rings is 1. The highest BCUT2D eigenvalue weighted by Gasteiger charge is 2.34. The van der Waals surface area contributed by atoms with Gasteiger partial charge in [-0.05, 0) is 38.0 Å². The zero-order chi connectivity index (χ0) is 18.3. The maximum atomic E-state index is 13.1. The maximum absolute atomic E-state index is 13.1. The third kappa shape index (κ3) is 2.61. The number of aromatic amines is 1. The number of nitrogens with one attached hydrogen (secondary N) is 1. The number of amides is 1. The SMILES string of the molecule is Cc1c(C(=O)N2CCC[C@@H]2c2nc3ccccc3[nH]2)cccc1[N+](=O)[O-]. The highest BCUT2D eigenvalue weighted by Crippen LogP contribution is 2.34. The molecule has 0 spiro atoms. The lowest BCUT2D eigenvalue weighted by atomic mass is 10.0.